The minimum absolute atomic E-state index is 0.0518. The van der Waals surface area contributed by atoms with E-state index in [-0.39, 0.29) is 23.8 Å². The summed E-state index contributed by atoms with van der Waals surface area (Å²) in [5.74, 6) is 1.56. The van der Waals surface area contributed by atoms with Gasteiger partial charge < -0.3 is 20.7 Å². The highest BCUT2D eigenvalue weighted by Gasteiger charge is 2.41. The van der Waals surface area contributed by atoms with Crippen LogP contribution in [0, 0.1) is 5.92 Å². The van der Waals surface area contributed by atoms with Gasteiger partial charge in [0.25, 0.3) is 0 Å². The molecule has 3 heterocycles. The first-order chi connectivity index (χ1) is 9.19. The molecule has 0 radical (unpaired) electrons. The van der Waals surface area contributed by atoms with E-state index in [1.807, 2.05) is 0 Å². The van der Waals surface area contributed by atoms with Crippen LogP contribution in [0.1, 0.15) is 12.8 Å². The third-order valence-electron chi connectivity index (χ3n) is 3.81. The van der Waals surface area contributed by atoms with E-state index in [4.69, 9.17) is 10.5 Å². The number of anilines is 2. The van der Waals surface area contributed by atoms with Crippen molar-refractivity contribution in [3.63, 3.8) is 0 Å². The van der Waals surface area contributed by atoms with Crippen LogP contribution >= 0.6 is 0 Å². The van der Waals surface area contributed by atoms with Crippen molar-refractivity contribution < 1.29 is 9.53 Å². The topological polar surface area (TPSA) is 93.4 Å². The number of hydrogen-bond acceptors (Lipinski definition) is 6. The Morgan fingerprint density at radius 3 is 3.16 bits per heavy atom. The molecule has 19 heavy (non-hydrogen) atoms. The zero-order valence-electron chi connectivity index (χ0n) is 10.8. The second-order valence-corrected chi connectivity index (χ2v) is 4.88. The number of amides is 1. The highest BCUT2D eigenvalue weighted by atomic mass is 16.5. The van der Waals surface area contributed by atoms with Gasteiger partial charge in [-0.3, -0.25) is 4.79 Å². The standard InChI is InChI=1S/C12H17N5O2/c1-19-10-5-9(15-12(13)16-10)17-4-2-3-7-8(17)6-14-11(7)18/h5,7-8H,2-4,6H2,1H3,(H,14,18)(H2,13,15,16). The lowest BCUT2D eigenvalue weighted by atomic mass is 9.91. The van der Waals surface area contributed by atoms with Crippen LogP contribution in [0.25, 0.3) is 0 Å². The quantitative estimate of drug-likeness (QED) is 0.766. The molecule has 0 aliphatic carbocycles. The number of ether oxygens (including phenoxy) is 1. The average Bonchev–Trinajstić information content (AvgIpc) is 2.80. The lowest BCUT2D eigenvalue weighted by molar-refractivity contribution is -0.122. The van der Waals surface area contributed by atoms with Crippen molar-refractivity contribution >= 4 is 17.7 Å². The summed E-state index contributed by atoms with van der Waals surface area (Å²) in [6.07, 6.45) is 1.91. The minimum atomic E-state index is 0.0518. The molecule has 0 spiro atoms. The van der Waals surface area contributed by atoms with Crippen LogP contribution < -0.4 is 20.7 Å². The second kappa shape index (κ2) is 4.56. The number of fused-ring (bicyclic) bond motifs is 1. The summed E-state index contributed by atoms with van der Waals surface area (Å²) < 4.78 is 5.12. The van der Waals surface area contributed by atoms with E-state index < -0.39 is 0 Å². The summed E-state index contributed by atoms with van der Waals surface area (Å²) in [4.78, 5) is 22.1. The van der Waals surface area contributed by atoms with Crippen molar-refractivity contribution in [3.8, 4) is 5.88 Å². The second-order valence-electron chi connectivity index (χ2n) is 4.88. The maximum absolute atomic E-state index is 11.8. The zero-order valence-corrected chi connectivity index (χ0v) is 10.8. The zero-order chi connectivity index (χ0) is 13.4. The monoisotopic (exact) mass is 263 g/mol. The Balaban J connectivity index is 1.92. The van der Waals surface area contributed by atoms with Gasteiger partial charge in [0.1, 0.15) is 5.82 Å². The van der Waals surface area contributed by atoms with Crippen molar-refractivity contribution in [2.45, 2.75) is 18.9 Å². The van der Waals surface area contributed by atoms with E-state index in [9.17, 15) is 4.79 Å². The SMILES string of the molecule is COc1cc(N2CCCC3C(=O)NCC32)nc(N)n1. The molecule has 2 aliphatic heterocycles. The molecule has 102 valence electrons. The molecule has 2 unspecified atom stereocenters. The van der Waals surface area contributed by atoms with Crippen LogP contribution in [0.3, 0.4) is 0 Å². The molecule has 2 fully saturated rings. The first-order valence-electron chi connectivity index (χ1n) is 6.42. The number of piperidine rings is 1. The van der Waals surface area contributed by atoms with Crippen molar-refractivity contribution in [2.24, 2.45) is 5.92 Å². The molecule has 2 saturated heterocycles. The van der Waals surface area contributed by atoms with Gasteiger partial charge in [-0.2, -0.15) is 9.97 Å². The molecule has 7 heteroatoms. The molecule has 3 N–H and O–H groups in total. The molecule has 1 aromatic rings. The molecule has 0 bridgehead atoms. The van der Waals surface area contributed by atoms with Gasteiger partial charge in [-0.25, -0.2) is 0 Å². The molecular formula is C12H17N5O2. The Morgan fingerprint density at radius 2 is 2.37 bits per heavy atom. The van der Waals surface area contributed by atoms with E-state index in [0.29, 0.717) is 12.4 Å². The summed E-state index contributed by atoms with van der Waals surface area (Å²) in [6.45, 7) is 1.53. The number of nitrogens with one attached hydrogen (secondary N) is 1. The summed E-state index contributed by atoms with van der Waals surface area (Å²) in [6, 6.07) is 1.92. The molecule has 2 aliphatic rings. The summed E-state index contributed by atoms with van der Waals surface area (Å²) in [5.41, 5.74) is 5.69. The average molecular weight is 263 g/mol. The van der Waals surface area contributed by atoms with Gasteiger partial charge in [-0.1, -0.05) is 0 Å². The van der Waals surface area contributed by atoms with Gasteiger partial charge in [0, 0.05) is 19.2 Å². The number of nitrogens with two attached hydrogens (primary N) is 1. The predicted molar refractivity (Wildman–Crippen MR) is 69.9 cm³/mol. The number of hydrogen-bond donors (Lipinski definition) is 2. The van der Waals surface area contributed by atoms with Crippen LogP contribution in [0.15, 0.2) is 6.07 Å². The first-order valence-corrected chi connectivity index (χ1v) is 6.42. The van der Waals surface area contributed by atoms with Crippen molar-refractivity contribution in [1.29, 1.82) is 0 Å². The van der Waals surface area contributed by atoms with Crippen LogP contribution in [-0.4, -0.2) is 42.1 Å². The normalized spacial score (nSPS) is 25.9. The Bertz CT molecular complexity index is 507. The molecule has 7 nitrogen and oxygen atoms in total. The number of methoxy groups -OCH3 is 1. The number of carbonyl (C=O) groups is 1. The van der Waals surface area contributed by atoms with Crippen molar-refractivity contribution in [3.05, 3.63) is 6.07 Å². The Labute approximate surface area is 111 Å². The number of nitrogens with zero attached hydrogens (tertiary/aromatic N) is 3. The van der Waals surface area contributed by atoms with Crippen molar-refractivity contribution in [2.75, 3.05) is 30.8 Å². The molecule has 1 amide bonds. The molecule has 1 aromatic heterocycles. The minimum Gasteiger partial charge on any atom is -0.481 e. The van der Waals surface area contributed by atoms with Gasteiger partial charge in [0.15, 0.2) is 0 Å². The van der Waals surface area contributed by atoms with Gasteiger partial charge in [0.2, 0.25) is 17.7 Å². The van der Waals surface area contributed by atoms with Crippen LogP contribution in [-0.2, 0) is 4.79 Å². The highest BCUT2D eigenvalue weighted by Crippen LogP contribution is 2.31. The maximum Gasteiger partial charge on any atom is 0.225 e. The van der Waals surface area contributed by atoms with E-state index in [0.717, 1.165) is 25.2 Å². The third kappa shape index (κ3) is 2.05. The molecule has 2 atom stereocenters. The number of carbonyl (C=O) groups excluding carboxylic acids is 1. The van der Waals surface area contributed by atoms with Gasteiger partial charge in [-0.05, 0) is 12.8 Å². The number of nitrogen functional groups attached to an aromatic ring is 1. The summed E-state index contributed by atoms with van der Waals surface area (Å²) in [5, 5.41) is 2.92. The highest BCUT2D eigenvalue weighted by molar-refractivity contribution is 5.83. The Morgan fingerprint density at radius 1 is 1.53 bits per heavy atom. The summed E-state index contributed by atoms with van der Waals surface area (Å²) >= 11 is 0. The van der Waals surface area contributed by atoms with Gasteiger partial charge in [0.05, 0.1) is 19.1 Å². The first kappa shape index (κ1) is 12.0. The number of aromatic nitrogens is 2. The van der Waals surface area contributed by atoms with E-state index >= 15 is 0 Å². The lowest BCUT2D eigenvalue weighted by Gasteiger charge is -2.36. The molecule has 0 aromatic carbocycles. The number of rotatable bonds is 2. The Kier molecular flexibility index (Phi) is 2.88. The largest absolute Gasteiger partial charge is 0.481 e. The Hall–Kier alpha value is -2.05. The van der Waals surface area contributed by atoms with E-state index in [1.54, 1.807) is 13.2 Å². The van der Waals surface area contributed by atoms with Gasteiger partial charge >= 0.3 is 0 Å². The van der Waals surface area contributed by atoms with Crippen molar-refractivity contribution in [1.82, 2.24) is 15.3 Å². The van der Waals surface area contributed by atoms with E-state index in [2.05, 4.69) is 20.2 Å². The summed E-state index contributed by atoms with van der Waals surface area (Å²) in [7, 11) is 1.55. The third-order valence-corrected chi connectivity index (χ3v) is 3.81. The molecule has 3 rings (SSSR count). The smallest absolute Gasteiger partial charge is 0.225 e. The fourth-order valence-electron chi connectivity index (χ4n) is 2.92. The predicted octanol–water partition coefficient (Wildman–Crippen LogP) is -0.218. The van der Waals surface area contributed by atoms with E-state index in [1.165, 1.54) is 0 Å². The maximum atomic E-state index is 11.8. The molecular weight excluding hydrogens is 246 g/mol. The molecule has 0 saturated carbocycles. The van der Waals surface area contributed by atoms with Gasteiger partial charge in [-0.15, -0.1) is 0 Å². The fraction of sp³-hybridized carbons (Fsp3) is 0.583. The fourth-order valence-corrected chi connectivity index (χ4v) is 2.92. The van der Waals surface area contributed by atoms with Crippen LogP contribution in [0.5, 0.6) is 5.88 Å². The lowest BCUT2D eigenvalue weighted by Crippen LogP contribution is -2.46. The van der Waals surface area contributed by atoms with Crippen LogP contribution in [0.2, 0.25) is 0 Å². The van der Waals surface area contributed by atoms with Crippen LogP contribution in [0.4, 0.5) is 11.8 Å².